The van der Waals surface area contributed by atoms with Crippen molar-refractivity contribution in [3.05, 3.63) is 29.8 Å². The fraction of sp³-hybridized carbons (Fsp3) is 0.562. The van der Waals surface area contributed by atoms with Crippen LogP contribution in [-0.2, 0) is 0 Å². The zero-order chi connectivity index (χ0) is 14.5. The Morgan fingerprint density at radius 2 is 2.10 bits per heavy atom. The summed E-state index contributed by atoms with van der Waals surface area (Å²) in [6, 6.07) is 7.25. The first-order chi connectivity index (χ1) is 9.61. The van der Waals surface area contributed by atoms with Crippen LogP contribution in [0.15, 0.2) is 24.3 Å². The molecule has 1 saturated carbocycles. The Kier molecular flexibility index (Phi) is 5.01. The minimum Gasteiger partial charge on any atom is -0.490 e. The fourth-order valence-corrected chi connectivity index (χ4v) is 2.01. The Morgan fingerprint density at radius 1 is 1.40 bits per heavy atom. The molecule has 0 aliphatic heterocycles. The molecule has 20 heavy (non-hydrogen) atoms. The van der Waals surface area contributed by atoms with Crippen molar-refractivity contribution in [1.29, 1.82) is 0 Å². The maximum absolute atomic E-state index is 12.3. The highest BCUT2D eigenvalue weighted by molar-refractivity contribution is 5.97. The predicted molar refractivity (Wildman–Crippen MR) is 77.9 cm³/mol. The molecule has 1 aromatic carbocycles. The van der Waals surface area contributed by atoms with Crippen LogP contribution in [0.3, 0.4) is 0 Å². The van der Waals surface area contributed by atoms with Crippen LogP contribution < -0.4 is 10.1 Å². The summed E-state index contributed by atoms with van der Waals surface area (Å²) in [7, 11) is 0. The molecular weight excluding hydrogens is 254 g/mol. The summed E-state index contributed by atoms with van der Waals surface area (Å²) < 4.78 is 5.86. The normalized spacial score (nSPS) is 17.9. The van der Waals surface area contributed by atoms with E-state index >= 15 is 0 Å². The minimum absolute atomic E-state index is 0.0265. The van der Waals surface area contributed by atoms with Crippen molar-refractivity contribution in [1.82, 2.24) is 5.32 Å². The van der Waals surface area contributed by atoms with Gasteiger partial charge in [-0.1, -0.05) is 19.1 Å². The SMILES string of the molecule is CC(CO)C(C)NC(=O)c1ccccc1OC1CCC1. The number of carbonyl (C=O) groups excluding carboxylic acids is 1. The number of para-hydroxylation sites is 1. The topological polar surface area (TPSA) is 58.6 Å². The van der Waals surface area contributed by atoms with E-state index in [0.717, 1.165) is 12.8 Å². The summed E-state index contributed by atoms with van der Waals surface area (Å²) in [5, 5.41) is 12.0. The number of hydrogen-bond acceptors (Lipinski definition) is 3. The van der Waals surface area contributed by atoms with Crippen molar-refractivity contribution in [3.8, 4) is 5.75 Å². The third kappa shape index (κ3) is 3.51. The van der Waals surface area contributed by atoms with Crippen LogP contribution >= 0.6 is 0 Å². The summed E-state index contributed by atoms with van der Waals surface area (Å²) in [5.41, 5.74) is 0.566. The number of aliphatic hydroxyl groups is 1. The van der Waals surface area contributed by atoms with Crippen LogP contribution in [0, 0.1) is 5.92 Å². The molecule has 0 spiro atoms. The lowest BCUT2D eigenvalue weighted by Gasteiger charge is -2.27. The first kappa shape index (κ1) is 14.9. The summed E-state index contributed by atoms with van der Waals surface area (Å²) in [6.45, 7) is 3.86. The Morgan fingerprint density at radius 3 is 2.70 bits per heavy atom. The molecule has 2 N–H and O–H groups in total. The predicted octanol–water partition coefficient (Wildman–Crippen LogP) is 2.36. The second kappa shape index (κ2) is 6.75. The zero-order valence-corrected chi connectivity index (χ0v) is 12.1. The zero-order valence-electron chi connectivity index (χ0n) is 12.1. The van der Waals surface area contributed by atoms with Gasteiger partial charge in [0, 0.05) is 12.6 Å². The average molecular weight is 277 g/mol. The van der Waals surface area contributed by atoms with Gasteiger partial charge < -0.3 is 15.2 Å². The third-order valence-corrected chi connectivity index (χ3v) is 3.98. The number of nitrogens with one attached hydrogen (secondary N) is 1. The second-order valence-electron chi connectivity index (χ2n) is 5.59. The largest absolute Gasteiger partial charge is 0.490 e. The van der Waals surface area contributed by atoms with E-state index < -0.39 is 0 Å². The van der Waals surface area contributed by atoms with Gasteiger partial charge in [0.2, 0.25) is 0 Å². The molecule has 2 rings (SSSR count). The molecule has 2 unspecified atom stereocenters. The molecule has 1 aromatic rings. The van der Waals surface area contributed by atoms with E-state index in [2.05, 4.69) is 5.32 Å². The molecule has 0 radical (unpaired) electrons. The van der Waals surface area contributed by atoms with Gasteiger partial charge in [0.25, 0.3) is 5.91 Å². The minimum atomic E-state index is -0.146. The van der Waals surface area contributed by atoms with Gasteiger partial charge in [-0.3, -0.25) is 4.79 Å². The van der Waals surface area contributed by atoms with Crippen molar-refractivity contribution in [2.75, 3.05) is 6.61 Å². The molecule has 2 atom stereocenters. The number of aliphatic hydroxyl groups excluding tert-OH is 1. The van der Waals surface area contributed by atoms with E-state index in [0.29, 0.717) is 11.3 Å². The summed E-state index contributed by atoms with van der Waals surface area (Å²) in [4.78, 5) is 12.3. The van der Waals surface area contributed by atoms with Gasteiger partial charge in [-0.25, -0.2) is 0 Å². The van der Waals surface area contributed by atoms with E-state index in [4.69, 9.17) is 9.84 Å². The van der Waals surface area contributed by atoms with Crippen molar-refractivity contribution in [3.63, 3.8) is 0 Å². The molecule has 0 aromatic heterocycles. The third-order valence-electron chi connectivity index (χ3n) is 3.98. The maximum Gasteiger partial charge on any atom is 0.255 e. The molecule has 1 amide bonds. The Bertz CT molecular complexity index is 457. The molecule has 0 saturated heterocycles. The number of benzene rings is 1. The lowest BCUT2D eigenvalue weighted by molar-refractivity contribution is 0.0893. The molecular formula is C16H23NO3. The Labute approximate surface area is 120 Å². The summed E-state index contributed by atoms with van der Waals surface area (Å²) >= 11 is 0. The van der Waals surface area contributed by atoms with E-state index in [9.17, 15) is 4.79 Å². The van der Waals surface area contributed by atoms with E-state index in [1.807, 2.05) is 32.0 Å². The number of rotatable bonds is 6. The smallest absolute Gasteiger partial charge is 0.255 e. The molecule has 0 heterocycles. The first-order valence-electron chi connectivity index (χ1n) is 7.29. The molecule has 0 bridgehead atoms. The summed E-state index contributed by atoms with van der Waals surface area (Å²) in [6.07, 6.45) is 3.57. The van der Waals surface area contributed by atoms with Crippen LogP contribution in [0.5, 0.6) is 5.75 Å². The Hall–Kier alpha value is -1.55. The average Bonchev–Trinajstić information content (AvgIpc) is 2.42. The van der Waals surface area contributed by atoms with E-state index in [-0.39, 0.29) is 30.6 Å². The van der Waals surface area contributed by atoms with E-state index in [1.54, 1.807) is 6.07 Å². The quantitative estimate of drug-likeness (QED) is 0.839. The van der Waals surface area contributed by atoms with Gasteiger partial charge >= 0.3 is 0 Å². The van der Waals surface area contributed by atoms with Crippen molar-refractivity contribution < 1.29 is 14.6 Å². The fourth-order valence-electron chi connectivity index (χ4n) is 2.01. The second-order valence-corrected chi connectivity index (χ2v) is 5.59. The summed E-state index contributed by atoms with van der Waals surface area (Å²) in [5.74, 6) is 0.532. The number of hydrogen-bond donors (Lipinski definition) is 2. The highest BCUT2D eigenvalue weighted by atomic mass is 16.5. The molecule has 1 aliphatic rings. The van der Waals surface area contributed by atoms with Crippen LogP contribution in [0.1, 0.15) is 43.5 Å². The Balaban J connectivity index is 2.04. The molecule has 110 valence electrons. The lowest BCUT2D eigenvalue weighted by atomic mass is 9.96. The van der Waals surface area contributed by atoms with E-state index in [1.165, 1.54) is 6.42 Å². The van der Waals surface area contributed by atoms with Gasteiger partial charge in [-0.05, 0) is 44.2 Å². The highest BCUT2D eigenvalue weighted by Gasteiger charge is 2.23. The molecule has 4 nitrogen and oxygen atoms in total. The first-order valence-corrected chi connectivity index (χ1v) is 7.29. The van der Waals surface area contributed by atoms with Gasteiger partial charge in [0.1, 0.15) is 5.75 Å². The van der Waals surface area contributed by atoms with Crippen molar-refractivity contribution >= 4 is 5.91 Å². The number of amides is 1. The van der Waals surface area contributed by atoms with Crippen LogP contribution in [0.4, 0.5) is 0 Å². The van der Waals surface area contributed by atoms with Gasteiger partial charge in [0.05, 0.1) is 11.7 Å². The number of ether oxygens (including phenoxy) is 1. The maximum atomic E-state index is 12.3. The molecule has 1 fully saturated rings. The molecule has 1 aliphatic carbocycles. The van der Waals surface area contributed by atoms with Gasteiger partial charge in [0.15, 0.2) is 0 Å². The monoisotopic (exact) mass is 277 g/mol. The van der Waals surface area contributed by atoms with Gasteiger partial charge in [-0.2, -0.15) is 0 Å². The van der Waals surface area contributed by atoms with Crippen molar-refractivity contribution in [2.24, 2.45) is 5.92 Å². The van der Waals surface area contributed by atoms with Crippen LogP contribution in [-0.4, -0.2) is 29.8 Å². The molecule has 4 heteroatoms. The van der Waals surface area contributed by atoms with Crippen LogP contribution in [0.2, 0.25) is 0 Å². The van der Waals surface area contributed by atoms with Crippen LogP contribution in [0.25, 0.3) is 0 Å². The highest BCUT2D eigenvalue weighted by Crippen LogP contribution is 2.27. The number of carbonyl (C=O) groups is 1. The lowest BCUT2D eigenvalue weighted by Crippen LogP contribution is -2.38. The standard InChI is InChI=1S/C16H23NO3/c1-11(10-18)12(2)17-16(19)14-8-3-4-9-15(14)20-13-6-5-7-13/h3-4,8-9,11-13,18H,5-7,10H2,1-2H3,(H,17,19). The van der Waals surface area contributed by atoms with Gasteiger partial charge in [-0.15, -0.1) is 0 Å². The van der Waals surface area contributed by atoms with Crippen molar-refractivity contribution in [2.45, 2.75) is 45.3 Å².